The summed E-state index contributed by atoms with van der Waals surface area (Å²) in [5.74, 6) is 0.413. The van der Waals surface area contributed by atoms with E-state index in [1.807, 2.05) is 45.8 Å². The minimum absolute atomic E-state index is 0.413. The van der Waals surface area contributed by atoms with Crippen LogP contribution in [0, 0.1) is 0 Å². The molecule has 0 saturated carbocycles. The Kier molecular flexibility index (Phi) is 2.67. The molecule has 0 amide bonds. The predicted octanol–water partition coefficient (Wildman–Crippen LogP) is 1.28. The van der Waals surface area contributed by atoms with Crippen molar-refractivity contribution in [2.75, 3.05) is 12.0 Å². The Morgan fingerprint density at radius 3 is 3.00 bits per heavy atom. The molecule has 2 N–H and O–H groups in total. The molecular formula is C11H12N6S. The summed E-state index contributed by atoms with van der Waals surface area (Å²) in [7, 11) is 0. The molecule has 0 aliphatic heterocycles. The summed E-state index contributed by atoms with van der Waals surface area (Å²) in [5, 5.41) is 8.67. The summed E-state index contributed by atoms with van der Waals surface area (Å²) in [6, 6.07) is 5.90. The lowest BCUT2D eigenvalue weighted by Crippen LogP contribution is -2.06. The lowest BCUT2D eigenvalue weighted by atomic mass is 10.5. The maximum Gasteiger partial charge on any atom is 0.223 e. The van der Waals surface area contributed by atoms with Crippen LogP contribution in [0.4, 0.5) is 5.95 Å². The second kappa shape index (κ2) is 4.34. The van der Waals surface area contributed by atoms with Crippen LogP contribution < -0.4 is 5.73 Å². The zero-order valence-corrected chi connectivity index (χ0v) is 10.6. The van der Waals surface area contributed by atoms with Crippen LogP contribution in [-0.2, 0) is 6.54 Å². The number of hydrogen-bond donors (Lipinski definition) is 1. The molecule has 0 saturated heterocycles. The summed E-state index contributed by atoms with van der Waals surface area (Å²) in [6.45, 7) is 0.580. The molecule has 0 aliphatic rings. The Morgan fingerprint density at radius 1 is 1.33 bits per heavy atom. The summed E-state index contributed by atoms with van der Waals surface area (Å²) < 4.78 is 3.83. The van der Waals surface area contributed by atoms with E-state index in [-0.39, 0.29) is 0 Å². The summed E-state index contributed by atoms with van der Waals surface area (Å²) in [6.07, 6.45) is 5.90. The van der Waals surface area contributed by atoms with Crippen molar-refractivity contribution < 1.29 is 0 Å². The van der Waals surface area contributed by atoms with Gasteiger partial charge in [0.25, 0.3) is 0 Å². The second-order valence-electron chi connectivity index (χ2n) is 3.83. The van der Waals surface area contributed by atoms with Gasteiger partial charge in [0.1, 0.15) is 5.65 Å². The fourth-order valence-corrected chi connectivity index (χ4v) is 2.33. The zero-order chi connectivity index (χ0) is 12.5. The van der Waals surface area contributed by atoms with E-state index in [4.69, 9.17) is 5.73 Å². The number of anilines is 1. The van der Waals surface area contributed by atoms with Crippen molar-refractivity contribution in [1.82, 2.24) is 24.1 Å². The first-order valence-corrected chi connectivity index (χ1v) is 6.65. The highest BCUT2D eigenvalue weighted by atomic mass is 32.2. The first kappa shape index (κ1) is 11.1. The van der Waals surface area contributed by atoms with Crippen molar-refractivity contribution in [2.24, 2.45) is 0 Å². The van der Waals surface area contributed by atoms with Gasteiger partial charge in [-0.25, -0.2) is 4.98 Å². The zero-order valence-electron chi connectivity index (χ0n) is 9.82. The van der Waals surface area contributed by atoms with Gasteiger partial charge in [-0.1, -0.05) is 17.8 Å². The summed E-state index contributed by atoms with van der Waals surface area (Å²) in [5.41, 5.74) is 7.65. The number of fused-ring (bicyclic) bond motifs is 1. The third-order valence-electron chi connectivity index (χ3n) is 2.66. The van der Waals surface area contributed by atoms with Gasteiger partial charge in [0, 0.05) is 12.4 Å². The van der Waals surface area contributed by atoms with Crippen LogP contribution in [0.1, 0.15) is 5.69 Å². The Morgan fingerprint density at radius 2 is 2.22 bits per heavy atom. The molecule has 0 atom stereocenters. The fraction of sp³-hybridized carbons (Fsp3) is 0.182. The lowest BCUT2D eigenvalue weighted by Gasteiger charge is -2.03. The molecule has 18 heavy (non-hydrogen) atoms. The molecule has 6 nitrogen and oxygen atoms in total. The van der Waals surface area contributed by atoms with Gasteiger partial charge >= 0.3 is 0 Å². The monoisotopic (exact) mass is 260 g/mol. The largest absolute Gasteiger partial charge is 0.368 e. The van der Waals surface area contributed by atoms with E-state index in [0.29, 0.717) is 12.5 Å². The standard InChI is InChI=1S/C11H12N6S/c1-18-11-15-14-10(12)17(11)7-8-6-16-5-3-2-4-9(16)13-8/h2-6H,7H2,1H3,(H2,12,14). The van der Waals surface area contributed by atoms with E-state index in [0.717, 1.165) is 16.5 Å². The van der Waals surface area contributed by atoms with Crippen molar-refractivity contribution in [3.63, 3.8) is 0 Å². The first-order chi connectivity index (χ1) is 8.78. The minimum atomic E-state index is 0.413. The molecule has 0 fully saturated rings. The van der Waals surface area contributed by atoms with Gasteiger partial charge in [0.2, 0.25) is 5.95 Å². The quantitative estimate of drug-likeness (QED) is 0.718. The SMILES string of the molecule is CSc1nnc(N)n1Cc1cn2ccccc2n1. The average molecular weight is 260 g/mol. The Bertz CT molecular complexity index is 653. The Hall–Kier alpha value is -2.02. The van der Waals surface area contributed by atoms with E-state index < -0.39 is 0 Å². The van der Waals surface area contributed by atoms with Crippen LogP contribution >= 0.6 is 11.8 Å². The van der Waals surface area contributed by atoms with Gasteiger partial charge in [-0.05, 0) is 18.4 Å². The highest BCUT2D eigenvalue weighted by Crippen LogP contribution is 2.17. The number of nitrogen functional groups attached to an aromatic ring is 1. The van der Waals surface area contributed by atoms with Gasteiger partial charge in [0.15, 0.2) is 5.16 Å². The number of nitrogens with two attached hydrogens (primary N) is 1. The first-order valence-electron chi connectivity index (χ1n) is 5.43. The number of nitrogens with zero attached hydrogens (tertiary/aromatic N) is 5. The summed E-state index contributed by atoms with van der Waals surface area (Å²) >= 11 is 1.52. The molecule has 0 spiro atoms. The van der Waals surface area contributed by atoms with Gasteiger partial charge in [-0.2, -0.15) is 0 Å². The van der Waals surface area contributed by atoms with E-state index >= 15 is 0 Å². The maximum absolute atomic E-state index is 5.80. The van der Waals surface area contributed by atoms with Crippen LogP contribution in [0.15, 0.2) is 35.7 Å². The van der Waals surface area contributed by atoms with Crippen molar-refractivity contribution in [2.45, 2.75) is 11.7 Å². The van der Waals surface area contributed by atoms with Crippen molar-refractivity contribution >= 4 is 23.4 Å². The number of rotatable bonds is 3. The number of aromatic nitrogens is 5. The highest BCUT2D eigenvalue weighted by Gasteiger charge is 2.10. The topological polar surface area (TPSA) is 74.0 Å². The van der Waals surface area contributed by atoms with Crippen molar-refractivity contribution in [1.29, 1.82) is 0 Å². The van der Waals surface area contributed by atoms with Crippen molar-refractivity contribution in [3.8, 4) is 0 Å². The molecule has 92 valence electrons. The third kappa shape index (κ3) is 1.82. The number of imidazole rings is 1. The molecule has 0 unspecified atom stereocenters. The molecule has 7 heteroatoms. The Balaban J connectivity index is 1.98. The smallest absolute Gasteiger partial charge is 0.223 e. The number of hydrogen-bond acceptors (Lipinski definition) is 5. The third-order valence-corrected chi connectivity index (χ3v) is 3.33. The van der Waals surface area contributed by atoms with E-state index in [2.05, 4.69) is 15.2 Å². The maximum atomic E-state index is 5.80. The molecule has 3 rings (SSSR count). The minimum Gasteiger partial charge on any atom is -0.368 e. The van der Waals surface area contributed by atoms with Crippen LogP contribution in [0.25, 0.3) is 5.65 Å². The van der Waals surface area contributed by atoms with Gasteiger partial charge in [0.05, 0.1) is 12.2 Å². The molecule has 3 aromatic rings. The highest BCUT2D eigenvalue weighted by molar-refractivity contribution is 7.98. The van der Waals surface area contributed by atoms with Crippen LogP contribution in [0.2, 0.25) is 0 Å². The molecule has 0 aliphatic carbocycles. The molecule has 0 aromatic carbocycles. The van der Waals surface area contributed by atoms with Crippen LogP contribution in [-0.4, -0.2) is 30.4 Å². The molecule has 3 heterocycles. The van der Waals surface area contributed by atoms with Gasteiger partial charge < -0.3 is 10.1 Å². The van der Waals surface area contributed by atoms with Crippen molar-refractivity contribution in [3.05, 3.63) is 36.3 Å². The summed E-state index contributed by atoms with van der Waals surface area (Å²) in [4.78, 5) is 4.53. The molecule has 0 radical (unpaired) electrons. The number of pyridine rings is 1. The fourth-order valence-electron chi connectivity index (χ4n) is 1.82. The second-order valence-corrected chi connectivity index (χ2v) is 4.60. The van der Waals surface area contributed by atoms with Gasteiger partial charge in [-0.15, -0.1) is 10.2 Å². The molecule has 3 aromatic heterocycles. The number of thioether (sulfide) groups is 1. The lowest BCUT2D eigenvalue weighted by molar-refractivity contribution is 0.706. The molecular weight excluding hydrogens is 248 g/mol. The average Bonchev–Trinajstić information content (AvgIpc) is 2.94. The van der Waals surface area contributed by atoms with E-state index in [9.17, 15) is 0 Å². The Labute approximate surface area is 108 Å². The molecule has 0 bridgehead atoms. The van der Waals surface area contributed by atoms with Crippen LogP contribution in [0.5, 0.6) is 0 Å². The van der Waals surface area contributed by atoms with E-state index in [1.54, 1.807) is 0 Å². The van der Waals surface area contributed by atoms with Gasteiger partial charge in [-0.3, -0.25) is 4.57 Å². The van der Waals surface area contributed by atoms with E-state index in [1.165, 1.54) is 11.8 Å². The normalized spacial score (nSPS) is 11.2. The predicted molar refractivity (Wildman–Crippen MR) is 70.5 cm³/mol. The van der Waals surface area contributed by atoms with Crippen LogP contribution in [0.3, 0.4) is 0 Å².